The Bertz CT molecular complexity index is 600. The second-order valence-electron chi connectivity index (χ2n) is 8.32. The Morgan fingerprint density at radius 2 is 1.81 bits per heavy atom. The minimum absolute atomic E-state index is 0.0641. The van der Waals surface area contributed by atoms with Gasteiger partial charge in [-0.3, -0.25) is 4.90 Å². The van der Waals surface area contributed by atoms with Gasteiger partial charge in [-0.25, -0.2) is 4.79 Å². The van der Waals surface area contributed by atoms with Gasteiger partial charge in [0.2, 0.25) is 0 Å². The molecule has 1 heterocycles. The van der Waals surface area contributed by atoms with Crippen molar-refractivity contribution in [2.45, 2.75) is 70.1 Å². The van der Waals surface area contributed by atoms with Gasteiger partial charge in [-0.05, 0) is 57.5 Å². The van der Waals surface area contributed by atoms with E-state index in [1.807, 2.05) is 0 Å². The lowest BCUT2D eigenvalue weighted by molar-refractivity contribution is 0.184. The quantitative estimate of drug-likeness (QED) is 0.772. The van der Waals surface area contributed by atoms with Gasteiger partial charge in [-0.15, -0.1) is 0 Å². The minimum atomic E-state index is -0.0641. The zero-order valence-corrected chi connectivity index (χ0v) is 17.0. The molecule has 27 heavy (non-hydrogen) atoms. The van der Waals surface area contributed by atoms with E-state index in [-0.39, 0.29) is 6.03 Å². The second-order valence-corrected chi connectivity index (χ2v) is 8.32. The molecule has 0 aromatic heterocycles. The molecule has 1 atom stereocenters. The van der Waals surface area contributed by atoms with E-state index in [1.165, 1.54) is 56.1 Å². The Labute approximate surface area is 164 Å². The molecule has 150 valence electrons. The van der Waals surface area contributed by atoms with Gasteiger partial charge < -0.3 is 15.5 Å². The molecular formula is C22H36N4O. The van der Waals surface area contributed by atoms with Crippen LogP contribution in [0.4, 0.5) is 4.79 Å². The molecule has 0 radical (unpaired) electrons. The van der Waals surface area contributed by atoms with Gasteiger partial charge in [0.05, 0.1) is 0 Å². The van der Waals surface area contributed by atoms with Crippen LogP contribution in [0.3, 0.4) is 0 Å². The molecule has 1 unspecified atom stereocenters. The van der Waals surface area contributed by atoms with E-state index in [0.29, 0.717) is 18.6 Å². The highest BCUT2D eigenvalue weighted by molar-refractivity contribution is 5.73. The van der Waals surface area contributed by atoms with Crippen molar-refractivity contribution >= 4 is 6.03 Å². The summed E-state index contributed by atoms with van der Waals surface area (Å²) in [4.78, 5) is 17.0. The monoisotopic (exact) mass is 372 g/mol. The molecule has 5 nitrogen and oxygen atoms in total. The molecule has 2 aliphatic rings. The summed E-state index contributed by atoms with van der Waals surface area (Å²) in [5, 5.41) is 6.08. The number of hydrogen-bond donors (Lipinski definition) is 2. The maximum absolute atomic E-state index is 12.2. The van der Waals surface area contributed by atoms with Gasteiger partial charge in [0.15, 0.2) is 0 Å². The molecule has 3 rings (SSSR count). The number of amides is 2. The van der Waals surface area contributed by atoms with Crippen LogP contribution in [0.5, 0.6) is 0 Å². The van der Waals surface area contributed by atoms with Gasteiger partial charge in [0, 0.05) is 31.7 Å². The molecule has 1 aromatic carbocycles. The molecule has 2 fully saturated rings. The fourth-order valence-electron chi connectivity index (χ4n) is 4.49. The van der Waals surface area contributed by atoms with Gasteiger partial charge in [-0.2, -0.15) is 0 Å². The Kier molecular flexibility index (Phi) is 7.53. The van der Waals surface area contributed by atoms with Crippen molar-refractivity contribution in [2.24, 2.45) is 0 Å². The van der Waals surface area contributed by atoms with Crippen molar-refractivity contribution in [1.82, 2.24) is 20.4 Å². The topological polar surface area (TPSA) is 47.6 Å². The first-order valence-electron chi connectivity index (χ1n) is 10.6. The SMILES string of the molecule is CN1CCCC1CNC(=O)NCc1ccccc1CN(C)C1CCCCC1. The van der Waals surface area contributed by atoms with E-state index in [0.717, 1.165) is 19.6 Å². The molecule has 1 aliphatic heterocycles. The zero-order valence-electron chi connectivity index (χ0n) is 17.0. The van der Waals surface area contributed by atoms with Crippen molar-refractivity contribution in [2.75, 3.05) is 27.2 Å². The van der Waals surface area contributed by atoms with Crippen LogP contribution in [0.1, 0.15) is 56.1 Å². The normalized spacial score (nSPS) is 21.5. The lowest BCUT2D eigenvalue weighted by Crippen LogP contribution is -2.42. The number of rotatable bonds is 7. The summed E-state index contributed by atoms with van der Waals surface area (Å²) in [7, 11) is 4.38. The average Bonchev–Trinajstić information content (AvgIpc) is 3.11. The van der Waals surface area contributed by atoms with Gasteiger partial charge in [0.1, 0.15) is 0 Å². The highest BCUT2D eigenvalue weighted by Gasteiger charge is 2.21. The van der Waals surface area contributed by atoms with Crippen LogP contribution in [0.25, 0.3) is 0 Å². The van der Waals surface area contributed by atoms with Crippen LogP contribution in [0.2, 0.25) is 0 Å². The summed E-state index contributed by atoms with van der Waals surface area (Å²) in [6, 6.07) is 9.61. The van der Waals surface area contributed by atoms with Crippen LogP contribution in [0, 0.1) is 0 Å². The number of carbonyl (C=O) groups excluding carboxylic acids is 1. The maximum Gasteiger partial charge on any atom is 0.315 e. The Morgan fingerprint density at radius 1 is 1.07 bits per heavy atom. The highest BCUT2D eigenvalue weighted by atomic mass is 16.2. The van der Waals surface area contributed by atoms with E-state index in [2.05, 4.69) is 58.8 Å². The van der Waals surface area contributed by atoms with Gasteiger partial charge in [0.25, 0.3) is 0 Å². The smallest absolute Gasteiger partial charge is 0.315 e. The fourth-order valence-corrected chi connectivity index (χ4v) is 4.49. The van der Waals surface area contributed by atoms with E-state index < -0.39 is 0 Å². The lowest BCUT2D eigenvalue weighted by atomic mass is 9.94. The molecule has 1 aromatic rings. The highest BCUT2D eigenvalue weighted by Crippen LogP contribution is 2.23. The summed E-state index contributed by atoms with van der Waals surface area (Å²) in [5.41, 5.74) is 2.54. The summed E-state index contributed by atoms with van der Waals surface area (Å²) in [6.07, 6.45) is 9.13. The number of carbonyl (C=O) groups is 1. The molecule has 1 aliphatic carbocycles. The molecule has 2 N–H and O–H groups in total. The second kappa shape index (κ2) is 10.1. The fraction of sp³-hybridized carbons (Fsp3) is 0.682. The van der Waals surface area contributed by atoms with Gasteiger partial charge in [-0.1, -0.05) is 43.5 Å². The predicted octanol–water partition coefficient (Wildman–Crippen LogP) is 3.34. The summed E-state index contributed by atoms with van der Waals surface area (Å²) in [6.45, 7) is 3.41. The molecule has 5 heteroatoms. The Balaban J connectivity index is 1.47. The number of benzene rings is 1. The third-order valence-electron chi connectivity index (χ3n) is 6.35. The van der Waals surface area contributed by atoms with Crippen molar-refractivity contribution < 1.29 is 4.79 Å². The standard InChI is InChI=1S/C22H36N4O/c1-25-14-8-13-21(25)16-24-22(27)23-15-18-9-6-7-10-19(18)17-26(2)20-11-4-3-5-12-20/h6-7,9-10,20-21H,3-5,8,11-17H2,1-2H3,(H2,23,24,27). The molecule has 0 bridgehead atoms. The minimum Gasteiger partial charge on any atom is -0.337 e. The van der Waals surface area contributed by atoms with E-state index >= 15 is 0 Å². The van der Waals surface area contributed by atoms with E-state index in [1.54, 1.807) is 0 Å². The first-order chi connectivity index (χ1) is 13.1. The predicted molar refractivity (Wildman–Crippen MR) is 111 cm³/mol. The van der Waals surface area contributed by atoms with Crippen molar-refractivity contribution in [3.63, 3.8) is 0 Å². The van der Waals surface area contributed by atoms with E-state index in [9.17, 15) is 4.79 Å². The summed E-state index contributed by atoms with van der Waals surface area (Å²) in [5.74, 6) is 0. The van der Waals surface area contributed by atoms with Crippen molar-refractivity contribution in [1.29, 1.82) is 0 Å². The lowest BCUT2D eigenvalue weighted by Gasteiger charge is -2.31. The molecule has 1 saturated carbocycles. The van der Waals surface area contributed by atoms with Crippen molar-refractivity contribution in [3.8, 4) is 0 Å². The first kappa shape index (κ1) is 20.2. The van der Waals surface area contributed by atoms with Crippen LogP contribution >= 0.6 is 0 Å². The Morgan fingerprint density at radius 3 is 2.52 bits per heavy atom. The third kappa shape index (κ3) is 5.94. The number of urea groups is 1. The third-order valence-corrected chi connectivity index (χ3v) is 6.35. The number of nitrogens with zero attached hydrogens (tertiary/aromatic N) is 2. The zero-order chi connectivity index (χ0) is 19.1. The van der Waals surface area contributed by atoms with Crippen LogP contribution in [0.15, 0.2) is 24.3 Å². The summed E-state index contributed by atoms with van der Waals surface area (Å²) >= 11 is 0. The summed E-state index contributed by atoms with van der Waals surface area (Å²) < 4.78 is 0. The number of likely N-dealkylation sites (N-methyl/N-ethyl adjacent to an activating group) is 1. The van der Waals surface area contributed by atoms with Crippen molar-refractivity contribution in [3.05, 3.63) is 35.4 Å². The van der Waals surface area contributed by atoms with Crippen LogP contribution < -0.4 is 10.6 Å². The molecule has 2 amide bonds. The number of likely N-dealkylation sites (tertiary alicyclic amines) is 1. The average molecular weight is 373 g/mol. The number of hydrogen-bond acceptors (Lipinski definition) is 3. The van der Waals surface area contributed by atoms with Gasteiger partial charge >= 0.3 is 6.03 Å². The van der Waals surface area contributed by atoms with Crippen LogP contribution in [-0.2, 0) is 13.1 Å². The molecular weight excluding hydrogens is 336 g/mol. The Hall–Kier alpha value is -1.59. The molecule has 1 saturated heterocycles. The number of nitrogens with one attached hydrogen (secondary N) is 2. The van der Waals surface area contributed by atoms with E-state index in [4.69, 9.17) is 0 Å². The molecule has 0 spiro atoms. The maximum atomic E-state index is 12.2. The van der Waals surface area contributed by atoms with Crippen LogP contribution in [-0.4, -0.2) is 55.1 Å². The first-order valence-corrected chi connectivity index (χ1v) is 10.6. The largest absolute Gasteiger partial charge is 0.337 e.